The molecule has 0 unspecified atom stereocenters. The number of anilines is 1. The Hall–Kier alpha value is -3.36. The highest BCUT2D eigenvalue weighted by molar-refractivity contribution is 9.10. The highest BCUT2D eigenvalue weighted by Gasteiger charge is 2.24. The maximum Gasteiger partial charge on any atom is 0.257 e. The van der Waals surface area contributed by atoms with E-state index in [-0.39, 0.29) is 11.8 Å². The van der Waals surface area contributed by atoms with Crippen molar-refractivity contribution in [2.45, 2.75) is 32.4 Å². The second-order valence-corrected chi connectivity index (χ2v) is 11.3. The molecule has 1 N–H and O–H groups in total. The number of halogens is 1. The molecule has 0 radical (unpaired) electrons. The van der Waals surface area contributed by atoms with Gasteiger partial charge in [0.25, 0.3) is 5.91 Å². The molecule has 2 aliphatic rings. The minimum Gasteiger partial charge on any atom is -0.491 e. The number of nitrogens with zero attached hydrogens (tertiary/aromatic N) is 3. The zero-order valence-corrected chi connectivity index (χ0v) is 24.4. The summed E-state index contributed by atoms with van der Waals surface area (Å²) in [5, 5.41) is 3.60. The van der Waals surface area contributed by atoms with Crippen LogP contribution in [0.3, 0.4) is 0 Å². The lowest BCUT2D eigenvalue weighted by atomic mass is 10.1. The van der Waals surface area contributed by atoms with Gasteiger partial charge in [0.2, 0.25) is 5.91 Å². The molecule has 3 aromatic carbocycles. The van der Waals surface area contributed by atoms with Gasteiger partial charge in [-0.05, 0) is 54.3 Å². The molecule has 2 aliphatic heterocycles. The van der Waals surface area contributed by atoms with Crippen molar-refractivity contribution in [2.24, 2.45) is 0 Å². The second-order valence-electron chi connectivity index (χ2n) is 10.4. The van der Waals surface area contributed by atoms with Gasteiger partial charge in [-0.15, -0.1) is 0 Å². The van der Waals surface area contributed by atoms with E-state index in [1.165, 1.54) is 5.56 Å². The molecule has 0 bridgehead atoms. The average Bonchev–Trinajstić information content (AvgIpc) is 3.37. The van der Waals surface area contributed by atoms with Crippen molar-refractivity contribution < 1.29 is 14.3 Å². The van der Waals surface area contributed by atoms with Gasteiger partial charge in [0.05, 0.1) is 12.1 Å². The minimum absolute atomic E-state index is 0.0577. The number of likely N-dealkylation sites (tertiary alicyclic amines) is 1. The average molecular weight is 606 g/mol. The lowest BCUT2D eigenvalue weighted by Gasteiger charge is -2.28. The lowest BCUT2D eigenvalue weighted by Crippen LogP contribution is -2.38. The van der Waals surface area contributed by atoms with E-state index in [9.17, 15) is 9.59 Å². The lowest BCUT2D eigenvalue weighted by molar-refractivity contribution is -0.128. The van der Waals surface area contributed by atoms with E-state index in [2.05, 4.69) is 62.5 Å². The Labute approximate surface area is 245 Å². The highest BCUT2D eigenvalue weighted by atomic mass is 79.9. The summed E-state index contributed by atoms with van der Waals surface area (Å²) in [6.07, 6.45) is 2.51. The van der Waals surface area contributed by atoms with E-state index in [1.807, 2.05) is 46.2 Å². The van der Waals surface area contributed by atoms with E-state index in [0.717, 1.165) is 61.3 Å². The Bertz CT molecular complexity index is 1300. The van der Waals surface area contributed by atoms with Crippen molar-refractivity contribution in [1.29, 1.82) is 0 Å². The maximum atomic E-state index is 14.1. The number of amides is 2. The molecule has 210 valence electrons. The third-order valence-electron chi connectivity index (χ3n) is 7.53. The third-order valence-corrected chi connectivity index (χ3v) is 8.02. The quantitative estimate of drug-likeness (QED) is 0.391. The first kappa shape index (κ1) is 28.2. The van der Waals surface area contributed by atoms with Crippen LogP contribution in [0, 0.1) is 0 Å². The van der Waals surface area contributed by atoms with Crippen LogP contribution in [0.15, 0.2) is 77.3 Å². The number of fused-ring (bicyclic) bond motifs is 1. The zero-order valence-electron chi connectivity index (χ0n) is 22.9. The number of ether oxygens (including phenoxy) is 1. The van der Waals surface area contributed by atoms with Crippen LogP contribution in [-0.4, -0.2) is 72.4 Å². The number of para-hydroxylation sites is 1. The number of hydrogen-bond acceptors (Lipinski definition) is 5. The van der Waals surface area contributed by atoms with Crippen molar-refractivity contribution in [3.8, 4) is 5.75 Å². The topological polar surface area (TPSA) is 65.1 Å². The fourth-order valence-corrected chi connectivity index (χ4v) is 5.78. The van der Waals surface area contributed by atoms with Crippen LogP contribution in [0.25, 0.3) is 0 Å². The highest BCUT2D eigenvalue weighted by Crippen LogP contribution is 2.26. The SMILES string of the molecule is O=C1CCCN1CCOc1ccccc1C(=O)N1CCN(Cc2ccccc2)CCCNc2ccc(Br)cc2C1. The van der Waals surface area contributed by atoms with Crippen molar-refractivity contribution in [1.82, 2.24) is 14.7 Å². The summed E-state index contributed by atoms with van der Waals surface area (Å²) in [5.41, 5.74) is 3.94. The van der Waals surface area contributed by atoms with Crippen LogP contribution in [0.5, 0.6) is 5.75 Å². The van der Waals surface area contributed by atoms with Gasteiger partial charge in [-0.1, -0.05) is 58.4 Å². The predicted octanol–water partition coefficient (Wildman–Crippen LogP) is 5.41. The summed E-state index contributed by atoms with van der Waals surface area (Å²) in [7, 11) is 0. The van der Waals surface area contributed by atoms with Gasteiger partial charge >= 0.3 is 0 Å². The molecule has 1 saturated heterocycles. The maximum absolute atomic E-state index is 14.1. The summed E-state index contributed by atoms with van der Waals surface area (Å²) in [6.45, 7) is 6.16. The van der Waals surface area contributed by atoms with Crippen molar-refractivity contribution in [3.63, 3.8) is 0 Å². The van der Waals surface area contributed by atoms with Crippen molar-refractivity contribution in [2.75, 3.05) is 51.2 Å². The molecule has 0 aromatic heterocycles. The first-order valence-electron chi connectivity index (χ1n) is 14.1. The predicted molar refractivity (Wildman–Crippen MR) is 161 cm³/mol. The van der Waals surface area contributed by atoms with Crippen LogP contribution >= 0.6 is 15.9 Å². The number of carbonyl (C=O) groups is 2. The van der Waals surface area contributed by atoms with E-state index in [0.29, 0.717) is 44.0 Å². The van der Waals surface area contributed by atoms with Gasteiger partial charge in [0, 0.05) is 62.4 Å². The fourth-order valence-electron chi connectivity index (χ4n) is 5.37. The zero-order chi connectivity index (χ0) is 27.7. The standard InChI is InChI=1S/C32H37BrN4O3/c33-27-13-14-29-26(22-27)24-37(19-18-35(16-7-15-34-29)23-25-8-2-1-3-9-25)32(39)28-10-4-5-11-30(28)40-21-20-36-17-6-12-31(36)38/h1-5,8-11,13-14,22,34H,6-7,12,15-21,23-24H2. The Morgan fingerprint density at radius 2 is 1.75 bits per heavy atom. The summed E-state index contributed by atoms with van der Waals surface area (Å²) in [4.78, 5) is 32.3. The van der Waals surface area contributed by atoms with E-state index >= 15 is 0 Å². The largest absolute Gasteiger partial charge is 0.491 e. The van der Waals surface area contributed by atoms with Crippen molar-refractivity contribution >= 4 is 33.4 Å². The number of rotatable bonds is 7. The Balaban J connectivity index is 1.36. The monoisotopic (exact) mass is 604 g/mol. The van der Waals surface area contributed by atoms with E-state index in [1.54, 1.807) is 0 Å². The molecular weight excluding hydrogens is 568 g/mol. The molecule has 0 saturated carbocycles. The van der Waals surface area contributed by atoms with Crippen LogP contribution in [0.4, 0.5) is 5.69 Å². The Kier molecular flexibility index (Phi) is 9.73. The smallest absolute Gasteiger partial charge is 0.257 e. The fraction of sp³-hybridized carbons (Fsp3) is 0.375. The van der Waals surface area contributed by atoms with Crippen LogP contribution < -0.4 is 10.1 Å². The van der Waals surface area contributed by atoms with Crippen LogP contribution in [0.1, 0.15) is 40.7 Å². The minimum atomic E-state index is -0.0577. The molecule has 8 heteroatoms. The summed E-state index contributed by atoms with van der Waals surface area (Å²) >= 11 is 3.62. The summed E-state index contributed by atoms with van der Waals surface area (Å²) in [6, 6.07) is 24.2. The molecule has 5 rings (SSSR count). The number of nitrogens with one attached hydrogen (secondary N) is 1. The van der Waals surface area contributed by atoms with Gasteiger partial charge in [-0.2, -0.15) is 0 Å². The molecule has 2 heterocycles. The molecular formula is C32H37BrN4O3. The first-order chi connectivity index (χ1) is 19.6. The van der Waals surface area contributed by atoms with Crippen LogP contribution in [-0.2, 0) is 17.9 Å². The molecule has 3 aromatic rings. The molecule has 40 heavy (non-hydrogen) atoms. The molecule has 0 spiro atoms. The molecule has 0 aliphatic carbocycles. The van der Waals surface area contributed by atoms with Gasteiger partial charge in [-0.25, -0.2) is 0 Å². The van der Waals surface area contributed by atoms with E-state index in [4.69, 9.17) is 4.74 Å². The molecule has 2 amide bonds. The summed E-state index contributed by atoms with van der Waals surface area (Å²) in [5.74, 6) is 0.676. The van der Waals surface area contributed by atoms with E-state index < -0.39 is 0 Å². The Morgan fingerprint density at radius 3 is 2.58 bits per heavy atom. The van der Waals surface area contributed by atoms with Crippen LogP contribution in [0.2, 0.25) is 0 Å². The van der Waals surface area contributed by atoms with Crippen molar-refractivity contribution in [3.05, 3.63) is 94.0 Å². The number of benzene rings is 3. The first-order valence-corrected chi connectivity index (χ1v) is 14.9. The van der Waals surface area contributed by atoms with Gasteiger partial charge in [-0.3, -0.25) is 14.5 Å². The molecule has 0 atom stereocenters. The number of hydrogen-bond donors (Lipinski definition) is 1. The molecule has 1 fully saturated rings. The normalized spacial score (nSPS) is 16.7. The van der Waals surface area contributed by atoms with Gasteiger partial charge < -0.3 is 19.9 Å². The third kappa shape index (κ3) is 7.43. The van der Waals surface area contributed by atoms with Gasteiger partial charge in [0.15, 0.2) is 0 Å². The van der Waals surface area contributed by atoms with Gasteiger partial charge in [0.1, 0.15) is 12.4 Å². The second kappa shape index (κ2) is 13.8. The Morgan fingerprint density at radius 1 is 0.925 bits per heavy atom. The number of carbonyl (C=O) groups excluding carboxylic acids is 2. The molecule has 7 nitrogen and oxygen atoms in total. The summed E-state index contributed by atoms with van der Waals surface area (Å²) < 4.78 is 7.08.